The first kappa shape index (κ1) is 12.0. The number of carbonyl (C=O) groups excluding carboxylic acids is 1. The highest BCUT2D eigenvalue weighted by Crippen LogP contribution is 2.29. The van der Waals surface area contributed by atoms with E-state index in [1.165, 1.54) is 0 Å². The maximum atomic E-state index is 11.2. The van der Waals surface area contributed by atoms with Gasteiger partial charge in [-0.25, -0.2) is 9.97 Å². The fourth-order valence-corrected chi connectivity index (χ4v) is 2.68. The Bertz CT molecular complexity index is 765. The van der Waals surface area contributed by atoms with Gasteiger partial charge in [-0.1, -0.05) is 18.2 Å². The number of aryl methyl sites for hydroxylation is 1. The molecular formula is C14H10BrN3O. The Morgan fingerprint density at radius 1 is 1.21 bits per heavy atom. The molecular weight excluding hydrogens is 306 g/mol. The largest absolute Gasteiger partial charge is 0.300 e. The van der Waals surface area contributed by atoms with Crippen LogP contribution in [0.15, 0.2) is 41.0 Å². The van der Waals surface area contributed by atoms with E-state index in [1.54, 1.807) is 6.92 Å². The summed E-state index contributed by atoms with van der Waals surface area (Å²) in [6, 6.07) is 9.86. The first-order chi connectivity index (χ1) is 9.20. The summed E-state index contributed by atoms with van der Waals surface area (Å²) < 4.78 is 2.76. The summed E-state index contributed by atoms with van der Waals surface area (Å²) >= 11 is 3.47. The van der Waals surface area contributed by atoms with Crippen LogP contribution in [-0.4, -0.2) is 20.8 Å². The van der Waals surface area contributed by atoms with Gasteiger partial charge in [0.25, 0.3) is 0 Å². The van der Waals surface area contributed by atoms with Crippen LogP contribution in [-0.2, 0) is 0 Å². The lowest BCUT2D eigenvalue weighted by Gasteiger charge is -2.05. The van der Waals surface area contributed by atoms with Crippen LogP contribution >= 0.6 is 15.9 Å². The number of hydrogen-bond donors (Lipinski definition) is 0. The summed E-state index contributed by atoms with van der Waals surface area (Å²) in [5.41, 5.74) is 2.13. The molecule has 0 amide bonds. The van der Waals surface area contributed by atoms with Gasteiger partial charge in [0.2, 0.25) is 0 Å². The minimum Gasteiger partial charge on any atom is -0.300 e. The molecule has 0 bridgehead atoms. The van der Waals surface area contributed by atoms with Crippen molar-refractivity contribution < 1.29 is 4.79 Å². The van der Waals surface area contributed by atoms with E-state index in [4.69, 9.17) is 0 Å². The highest BCUT2D eigenvalue weighted by atomic mass is 79.9. The highest BCUT2D eigenvalue weighted by Gasteiger charge is 2.15. The van der Waals surface area contributed by atoms with E-state index < -0.39 is 0 Å². The number of carbonyl (C=O) groups is 1. The van der Waals surface area contributed by atoms with Crippen LogP contribution in [0.3, 0.4) is 0 Å². The number of halogens is 1. The van der Waals surface area contributed by atoms with Crippen LogP contribution in [0, 0.1) is 6.92 Å². The van der Waals surface area contributed by atoms with Gasteiger partial charge in [-0.2, -0.15) is 0 Å². The molecule has 0 aliphatic heterocycles. The van der Waals surface area contributed by atoms with Gasteiger partial charge in [0.1, 0.15) is 17.2 Å². The molecule has 0 aliphatic rings. The normalized spacial score (nSPS) is 10.8. The number of aromatic nitrogens is 3. The van der Waals surface area contributed by atoms with Crippen molar-refractivity contribution in [3.63, 3.8) is 0 Å². The second-order valence-electron chi connectivity index (χ2n) is 4.16. The molecule has 19 heavy (non-hydrogen) atoms. The summed E-state index contributed by atoms with van der Waals surface area (Å²) in [4.78, 5) is 19.8. The lowest BCUT2D eigenvalue weighted by Crippen LogP contribution is -1.99. The quantitative estimate of drug-likeness (QED) is 0.682. The average molecular weight is 316 g/mol. The molecule has 0 saturated carbocycles. The third-order valence-corrected chi connectivity index (χ3v) is 3.49. The van der Waals surface area contributed by atoms with Crippen molar-refractivity contribution in [3.05, 3.63) is 52.5 Å². The molecule has 0 aliphatic carbocycles. The van der Waals surface area contributed by atoms with E-state index in [0.717, 1.165) is 27.5 Å². The van der Waals surface area contributed by atoms with E-state index in [0.29, 0.717) is 11.5 Å². The molecule has 0 N–H and O–H groups in total. The number of para-hydroxylation sites is 1. The molecule has 4 nitrogen and oxygen atoms in total. The van der Waals surface area contributed by atoms with Gasteiger partial charge in [-0.15, -0.1) is 0 Å². The molecule has 0 radical (unpaired) electrons. The predicted octanol–water partition coefficient (Wildman–Crippen LogP) is 3.30. The minimum atomic E-state index is 0.407. The molecule has 2 aromatic heterocycles. The Kier molecular flexibility index (Phi) is 2.91. The van der Waals surface area contributed by atoms with E-state index in [-0.39, 0.29) is 0 Å². The van der Waals surface area contributed by atoms with E-state index in [2.05, 4.69) is 25.9 Å². The average Bonchev–Trinajstić information content (AvgIpc) is 2.76. The summed E-state index contributed by atoms with van der Waals surface area (Å²) in [6.07, 6.45) is 2.66. The lowest BCUT2D eigenvalue weighted by molar-refractivity contribution is 0.112. The number of fused-ring (bicyclic) bond motifs is 1. The summed E-state index contributed by atoms with van der Waals surface area (Å²) in [5.74, 6) is 0.581. The molecule has 0 saturated heterocycles. The van der Waals surface area contributed by atoms with Gasteiger partial charge in [-0.05, 0) is 35.0 Å². The monoisotopic (exact) mass is 315 g/mol. The maximum absolute atomic E-state index is 11.2. The van der Waals surface area contributed by atoms with Crippen LogP contribution < -0.4 is 0 Å². The molecule has 0 atom stereocenters. The minimum absolute atomic E-state index is 0.407. The van der Waals surface area contributed by atoms with E-state index >= 15 is 0 Å². The Morgan fingerprint density at radius 3 is 2.63 bits per heavy atom. The SMILES string of the molecule is Cc1nc(C=O)c2c(Br)cn(-c3ccccc3)c2n1. The third kappa shape index (κ3) is 1.96. The topological polar surface area (TPSA) is 47.8 Å². The summed E-state index contributed by atoms with van der Waals surface area (Å²) in [7, 11) is 0. The Balaban J connectivity index is 2.40. The Morgan fingerprint density at radius 2 is 1.95 bits per heavy atom. The Hall–Kier alpha value is -2.01. The number of rotatable bonds is 2. The summed E-state index contributed by atoms with van der Waals surface area (Å²) in [5, 5.41) is 0.740. The van der Waals surface area contributed by atoms with Crippen molar-refractivity contribution in [1.82, 2.24) is 14.5 Å². The molecule has 3 aromatic rings. The molecule has 2 heterocycles. The number of hydrogen-bond acceptors (Lipinski definition) is 3. The van der Waals surface area contributed by atoms with Gasteiger partial charge in [-0.3, -0.25) is 4.79 Å². The van der Waals surface area contributed by atoms with Crippen LogP contribution in [0.25, 0.3) is 16.7 Å². The second-order valence-corrected chi connectivity index (χ2v) is 5.01. The van der Waals surface area contributed by atoms with E-state index in [9.17, 15) is 4.79 Å². The zero-order chi connectivity index (χ0) is 13.4. The van der Waals surface area contributed by atoms with Crippen LogP contribution in [0.1, 0.15) is 16.3 Å². The van der Waals surface area contributed by atoms with Crippen molar-refractivity contribution >= 4 is 33.2 Å². The van der Waals surface area contributed by atoms with Crippen LogP contribution in [0.5, 0.6) is 0 Å². The zero-order valence-electron chi connectivity index (χ0n) is 10.2. The van der Waals surface area contributed by atoms with Gasteiger partial charge >= 0.3 is 0 Å². The lowest BCUT2D eigenvalue weighted by atomic mass is 10.3. The maximum Gasteiger partial charge on any atom is 0.169 e. The standard InChI is InChI=1S/C14H10BrN3O/c1-9-16-12(8-19)13-11(15)7-18(14(13)17-9)10-5-3-2-4-6-10/h2-8H,1H3. The number of benzene rings is 1. The van der Waals surface area contributed by atoms with Crippen molar-refractivity contribution in [2.24, 2.45) is 0 Å². The molecule has 94 valence electrons. The second kappa shape index (κ2) is 4.59. The molecule has 0 unspecified atom stereocenters. The third-order valence-electron chi connectivity index (χ3n) is 2.89. The van der Waals surface area contributed by atoms with Gasteiger partial charge < -0.3 is 4.57 Å². The van der Waals surface area contributed by atoms with Crippen molar-refractivity contribution in [1.29, 1.82) is 0 Å². The van der Waals surface area contributed by atoms with Crippen molar-refractivity contribution in [3.8, 4) is 5.69 Å². The first-order valence-corrected chi connectivity index (χ1v) is 6.56. The van der Waals surface area contributed by atoms with Crippen molar-refractivity contribution in [2.45, 2.75) is 6.92 Å². The van der Waals surface area contributed by atoms with Crippen LogP contribution in [0.2, 0.25) is 0 Å². The van der Waals surface area contributed by atoms with Crippen LogP contribution in [0.4, 0.5) is 0 Å². The fourth-order valence-electron chi connectivity index (χ4n) is 2.09. The molecule has 1 aromatic carbocycles. The van der Waals surface area contributed by atoms with Crippen molar-refractivity contribution in [2.75, 3.05) is 0 Å². The smallest absolute Gasteiger partial charge is 0.169 e. The van der Waals surface area contributed by atoms with E-state index in [1.807, 2.05) is 41.1 Å². The molecule has 0 fully saturated rings. The molecule has 0 spiro atoms. The molecule has 3 rings (SSSR count). The fraction of sp³-hybridized carbons (Fsp3) is 0.0714. The molecule has 5 heteroatoms. The first-order valence-electron chi connectivity index (χ1n) is 5.76. The van der Waals surface area contributed by atoms with Gasteiger partial charge in [0, 0.05) is 16.4 Å². The zero-order valence-corrected chi connectivity index (χ0v) is 11.8. The number of aldehydes is 1. The summed E-state index contributed by atoms with van der Waals surface area (Å²) in [6.45, 7) is 1.78. The van der Waals surface area contributed by atoms with Gasteiger partial charge in [0.15, 0.2) is 6.29 Å². The predicted molar refractivity (Wildman–Crippen MR) is 76.7 cm³/mol. The Labute approximate surface area is 118 Å². The highest BCUT2D eigenvalue weighted by molar-refractivity contribution is 9.10. The number of nitrogens with zero attached hydrogens (tertiary/aromatic N) is 3. The van der Waals surface area contributed by atoms with Gasteiger partial charge in [0.05, 0.1) is 5.39 Å².